The van der Waals surface area contributed by atoms with Gasteiger partial charge in [0.05, 0.1) is 23.5 Å². The number of anilines is 1. The predicted molar refractivity (Wildman–Crippen MR) is 98.5 cm³/mol. The normalized spacial score (nSPS) is 21.5. The van der Waals surface area contributed by atoms with Gasteiger partial charge in [-0.05, 0) is 51.5 Å². The number of aliphatic carboxylic acids is 1. The van der Waals surface area contributed by atoms with Crippen molar-refractivity contribution in [2.45, 2.75) is 52.1 Å². The number of ether oxygens (including phenoxy) is 1. The largest absolute Gasteiger partial charge is 0.481 e. The molecule has 0 saturated carbocycles. The average molecular weight is 377 g/mol. The lowest BCUT2D eigenvalue weighted by Crippen LogP contribution is -2.34. The number of carboxylic acids is 1. The number of hydrogen-bond donors (Lipinski definition) is 2. The molecule has 6 nitrogen and oxygen atoms in total. The van der Waals surface area contributed by atoms with E-state index < -0.39 is 23.8 Å². The standard InChI is InChI=1S/C19H23NO5S/c1-10(2)25-19(24)15-13-8-5-9-14(13)26-17(15)20-16(21)11-6-3-4-7-12(11)18(22)23/h3-4,10-12H,5-9H2,1-2H3,(H,20,21)(H,22,23)/t11-,12-/m0/s1. The molecule has 0 radical (unpaired) electrons. The Balaban J connectivity index is 1.85. The highest BCUT2D eigenvalue weighted by atomic mass is 32.1. The molecule has 2 aliphatic rings. The number of amides is 1. The minimum Gasteiger partial charge on any atom is -0.481 e. The summed E-state index contributed by atoms with van der Waals surface area (Å²) in [6.07, 6.45) is 6.81. The smallest absolute Gasteiger partial charge is 0.341 e. The van der Waals surface area contributed by atoms with Gasteiger partial charge in [0.1, 0.15) is 5.00 Å². The highest BCUT2D eigenvalue weighted by molar-refractivity contribution is 7.17. The van der Waals surface area contributed by atoms with Crippen LogP contribution in [0, 0.1) is 11.8 Å². The first-order valence-corrected chi connectivity index (χ1v) is 9.74. The maximum atomic E-state index is 12.8. The number of rotatable bonds is 5. The van der Waals surface area contributed by atoms with Crippen LogP contribution in [0.1, 0.15) is 53.9 Å². The number of thiophene rings is 1. The van der Waals surface area contributed by atoms with Gasteiger partial charge in [-0.25, -0.2) is 4.79 Å². The summed E-state index contributed by atoms with van der Waals surface area (Å²) in [6, 6.07) is 0. The van der Waals surface area contributed by atoms with E-state index in [9.17, 15) is 19.5 Å². The SMILES string of the molecule is CC(C)OC(=O)c1c(NC(=O)[C@H]2CC=CC[C@@H]2C(=O)O)sc2c1CCC2. The van der Waals surface area contributed by atoms with Gasteiger partial charge in [0.25, 0.3) is 0 Å². The Morgan fingerprint density at radius 3 is 2.54 bits per heavy atom. The lowest BCUT2D eigenvalue weighted by Gasteiger charge is -2.24. The number of hydrogen-bond acceptors (Lipinski definition) is 5. The fourth-order valence-electron chi connectivity index (χ4n) is 3.56. The molecule has 0 aliphatic heterocycles. The molecule has 26 heavy (non-hydrogen) atoms. The van der Waals surface area contributed by atoms with E-state index in [2.05, 4.69) is 5.32 Å². The van der Waals surface area contributed by atoms with Crippen LogP contribution in [0.4, 0.5) is 5.00 Å². The van der Waals surface area contributed by atoms with Crippen LogP contribution in [0.15, 0.2) is 12.2 Å². The molecular formula is C19H23NO5S. The van der Waals surface area contributed by atoms with Gasteiger partial charge < -0.3 is 15.2 Å². The van der Waals surface area contributed by atoms with Crippen molar-refractivity contribution in [2.24, 2.45) is 11.8 Å². The molecule has 1 amide bonds. The van der Waals surface area contributed by atoms with Gasteiger partial charge in [-0.1, -0.05) is 12.2 Å². The summed E-state index contributed by atoms with van der Waals surface area (Å²) >= 11 is 1.41. The second-order valence-corrected chi connectivity index (χ2v) is 8.10. The van der Waals surface area contributed by atoms with Crippen LogP contribution in [0.25, 0.3) is 0 Å². The second kappa shape index (κ2) is 7.61. The lowest BCUT2D eigenvalue weighted by molar-refractivity contribution is -0.146. The number of fused-ring (bicyclic) bond motifs is 1. The Hall–Kier alpha value is -2.15. The van der Waals surface area contributed by atoms with Gasteiger partial charge >= 0.3 is 11.9 Å². The lowest BCUT2D eigenvalue weighted by atomic mass is 9.82. The van der Waals surface area contributed by atoms with E-state index in [0.717, 1.165) is 29.7 Å². The zero-order valence-corrected chi connectivity index (χ0v) is 15.7. The maximum absolute atomic E-state index is 12.8. The summed E-state index contributed by atoms with van der Waals surface area (Å²) in [7, 11) is 0. The van der Waals surface area contributed by atoms with E-state index in [1.165, 1.54) is 11.3 Å². The van der Waals surface area contributed by atoms with Gasteiger partial charge in [-0.3, -0.25) is 9.59 Å². The summed E-state index contributed by atoms with van der Waals surface area (Å²) in [5.41, 5.74) is 1.41. The molecule has 0 spiro atoms. The molecule has 3 rings (SSSR count). The van der Waals surface area contributed by atoms with Crippen molar-refractivity contribution in [3.63, 3.8) is 0 Å². The number of esters is 1. The molecule has 2 atom stereocenters. The third kappa shape index (κ3) is 3.67. The Morgan fingerprint density at radius 2 is 1.88 bits per heavy atom. The van der Waals surface area contributed by atoms with E-state index in [1.807, 2.05) is 6.08 Å². The zero-order valence-electron chi connectivity index (χ0n) is 14.9. The summed E-state index contributed by atoms with van der Waals surface area (Å²) in [6.45, 7) is 3.57. The van der Waals surface area contributed by atoms with Crippen LogP contribution in [0.3, 0.4) is 0 Å². The molecular weight excluding hydrogens is 354 g/mol. The minimum absolute atomic E-state index is 0.247. The third-order valence-electron chi connectivity index (χ3n) is 4.79. The van der Waals surface area contributed by atoms with E-state index >= 15 is 0 Å². The molecule has 1 aromatic heterocycles. The summed E-state index contributed by atoms with van der Waals surface area (Å²) in [4.78, 5) is 37.9. The predicted octanol–water partition coefficient (Wildman–Crippen LogP) is 3.41. The third-order valence-corrected chi connectivity index (χ3v) is 6.00. The highest BCUT2D eigenvalue weighted by Gasteiger charge is 2.36. The number of carbonyl (C=O) groups excluding carboxylic acids is 2. The first-order valence-electron chi connectivity index (χ1n) is 8.92. The summed E-state index contributed by atoms with van der Waals surface area (Å²) in [5, 5.41) is 12.7. The van der Waals surface area contributed by atoms with Crippen molar-refractivity contribution in [3.8, 4) is 0 Å². The van der Waals surface area contributed by atoms with Crippen LogP contribution in [-0.2, 0) is 27.2 Å². The van der Waals surface area contributed by atoms with Crippen LogP contribution in [-0.4, -0.2) is 29.1 Å². The fourth-order valence-corrected chi connectivity index (χ4v) is 4.84. The van der Waals surface area contributed by atoms with Crippen LogP contribution in [0.5, 0.6) is 0 Å². The summed E-state index contributed by atoms with van der Waals surface area (Å²) in [5.74, 6) is -3.11. The molecule has 140 valence electrons. The van der Waals surface area contributed by atoms with Crippen molar-refractivity contribution in [1.82, 2.24) is 0 Å². The monoisotopic (exact) mass is 377 g/mol. The summed E-state index contributed by atoms with van der Waals surface area (Å²) < 4.78 is 5.36. The van der Waals surface area contributed by atoms with E-state index in [4.69, 9.17) is 4.74 Å². The average Bonchev–Trinajstić information content (AvgIpc) is 3.14. The van der Waals surface area contributed by atoms with Crippen LogP contribution in [0.2, 0.25) is 0 Å². The molecule has 1 aromatic rings. The Labute approximate surface area is 156 Å². The fraction of sp³-hybridized carbons (Fsp3) is 0.526. The first kappa shape index (κ1) is 18.6. The molecule has 0 unspecified atom stereocenters. The van der Waals surface area contributed by atoms with Crippen molar-refractivity contribution < 1.29 is 24.2 Å². The molecule has 7 heteroatoms. The molecule has 0 fully saturated rings. The first-order chi connectivity index (χ1) is 12.4. The van der Waals surface area contributed by atoms with Crippen molar-refractivity contribution in [1.29, 1.82) is 0 Å². The van der Waals surface area contributed by atoms with Gasteiger partial charge in [-0.15, -0.1) is 11.3 Å². The van der Waals surface area contributed by atoms with Gasteiger partial charge in [0, 0.05) is 4.88 Å². The molecule has 2 aliphatic carbocycles. The van der Waals surface area contributed by atoms with Gasteiger partial charge in [0.15, 0.2) is 0 Å². The van der Waals surface area contributed by atoms with Gasteiger partial charge in [-0.2, -0.15) is 0 Å². The van der Waals surface area contributed by atoms with E-state index in [1.54, 1.807) is 19.9 Å². The van der Waals surface area contributed by atoms with Crippen LogP contribution < -0.4 is 5.32 Å². The number of aryl methyl sites for hydroxylation is 1. The van der Waals surface area contributed by atoms with Crippen molar-refractivity contribution >= 4 is 34.2 Å². The Kier molecular flexibility index (Phi) is 5.46. The molecule has 2 N–H and O–H groups in total. The second-order valence-electron chi connectivity index (χ2n) is 7.00. The van der Waals surface area contributed by atoms with E-state index in [0.29, 0.717) is 23.4 Å². The molecule has 0 saturated heterocycles. The van der Waals surface area contributed by atoms with E-state index in [-0.39, 0.29) is 12.0 Å². The maximum Gasteiger partial charge on any atom is 0.341 e. The number of allylic oxidation sites excluding steroid dienone is 2. The molecule has 1 heterocycles. The van der Waals surface area contributed by atoms with Crippen LogP contribution >= 0.6 is 11.3 Å². The zero-order chi connectivity index (χ0) is 18.8. The Bertz CT molecular complexity index is 764. The topological polar surface area (TPSA) is 92.7 Å². The number of nitrogens with one attached hydrogen (secondary N) is 1. The Morgan fingerprint density at radius 1 is 1.19 bits per heavy atom. The molecule has 0 bridgehead atoms. The van der Waals surface area contributed by atoms with Crippen molar-refractivity contribution in [2.75, 3.05) is 5.32 Å². The van der Waals surface area contributed by atoms with Gasteiger partial charge in [0.2, 0.25) is 5.91 Å². The molecule has 0 aromatic carbocycles. The number of carbonyl (C=O) groups is 3. The minimum atomic E-state index is -0.970. The van der Waals surface area contributed by atoms with Crippen molar-refractivity contribution in [3.05, 3.63) is 28.2 Å². The highest BCUT2D eigenvalue weighted by Crippen LogP contribution is 2.40. The number of carboxylic acid groups (broad SMARTS) is 1. The quantitative estimate of drug-likeness (QED) is 0.606.